The van der Waals surface area contributed by atoms with Gasteiger partial charge < -0.3 is 4.57 Å². The fourth-order valence-corrected chi connectivity index (χ4v) is 9.86. The molecule has 0 spiro atoms. The third-order valence-electron chi connectivity index (χ3n) is 12.3. The zero-order valence-electron chi connectivity index (χ0n) is 30.2. The standard InChI is InChI=1S/C54H35N/c1-2-13-34(14-3-1)53-48-22-9-8-20-44(48)45-27-25-35(31-49(45)53)36-26-28-47-46-21-10-11-24-50(46)55(52(47)32-36)51-33-40(30-37-15-4-6-18-41(37)51)43-23-12-17-39-29-38-16-5-7-19-42(38)54(39)43/h1-28,30-33,53H,29H2. The monoisotopic (exact) mass is 697 g/mol. The Morgan fingerprint density at radius 1 is 0.382 bits per heavy atom. The van der Waals surface area contributed by atoms with Crippen LogP contribution in [0.15, 0.2) is 194 Å². The van der Waals surface area contributed by atoms with Crippen molar-refractivity contribution in [3.8, 4) is 50.2 Å². The third-order valence-corrected chi connectivity index (χ3v) is 12.3. The van der Waals surface area contributed by atoms with E-state index in [-0.39, 0.29) is 5.92 Å². The highest BCUT2D eigenvalue weighted by atomic mass is 15.0. The van der Waals surface area contributed by atoms with E-state index in [4.69, 9.17) is 0 Å². The molecule has 0 saturated carbocycles. The minimum absolute atomic E-state index is 0.211. The van der Waals surface area contributed by atoms with Gasteiger partial charge in [-0.1, -0.05) is 164 Å². The van der Waals surface area contributed by atoms with Crippen molar-refractivity contribution in [2.75, 3.05) is 0 Å². The van der Waals surface area contributed by atoms with E-state index in [1.807, 2.05) is 0 Å². The quantitative estimate of drug-likeness (QED) is 0.173. The first-order chi connectivity index (χ1) is 27.3. The van der Waals surface area contributed by atoms with Crippen LogP contribution in [0.1, 0.15) is 33.7 Å². The second-order valence-electron chi connectivity index (χ2n) is 15.2. The van der Waals surface area contributed by atoms with E-state index in [0.29, 0.717) is 0 Å². The summed E-state index contributed by atoms with van der Waals surface area (Å²) in [6, 6.07) is 72.5. The summed E-state index contributed by atoms with van der Waals surface area (Å²) < 4.78 is 2.52. The van der Waals surface area contributed by atoms with Crippen LogP contribution >= 0.6 is 0 Å². The molecule has 1 atom stereocenters. The Hall–Kier alpha value is -6.96. The summed E-state index contributed by atoms with van der Waals surface area (Å²) in [5.74, 6) is 0.211. The summed E-state index contributed by atoms with van der Waals surface area (Å²) >= 11 is 0. The Balaban J connectivity index is 1.08. The average molecular weight is 698 g/mol. The molecule has 55 heavy (non-hydrogen) atoms. The van der Waals surface area contributed by atoms with E-state index in [9.17, 15) is 0 Å². The third kappa shape index (κ3) is 4.54. The SMILES string of the molecule is c1ccc(C2c3ccccc3-c3ccc(-c4ccc5c6ccccc6n(-c6cc(-c7cccc8c7-c7ccccc7C8)cc7ccccc67)c5c4)cc32)cc1. The van der Waals surface area contributed by atoms with Crippen molar-refractivity contribution in [1.29, 1.82) is 0 Å². The number of aromatic nitrogens is 1. The van der Waals surface area contributed by atoms with E-state index in [1.165, 1.54) is 111 Å². The fraction of sp³-hybridized carbons (Fsp3) is 0.0370. The number of nitrogens with zero attached hydrogens (tertiary/aromatic N) is 1. The number of benzene rings is 9. The van der Waals surface area contributed by atoms with Crippen LogP contribution in [-0.2, 0) is 6.42 Å². The van der Waals surface area contributed by atoms with Crippen LogP contribution in [0.4, 0.5) is 0 Å². The molecule has 0 fully saturated rings. The largest absolute Gasteiger partial charge is 0.309 e. The summed E-state index contributed by atoms with van der Waals surface area (Å²) in [4.78, 5) is 0. The van der Waals surface area contributed by atoms with Gasteiger partial charge in [0.1, 0.15) is 0 Å². The second kappa shape index (κ2) is 11.8. The van der Waals surface area contributed by atoms with Crippen LogP contribution in [0.5, 0.6) is 0 Å². The lowest BCUT2D eigenvalue weighted by atomic mass is 9.88. The van der Waals surface area contributed by atoms with Crippen molar-refractivity contribution in [3.63, 3.8) is 0 Å². The van der Waals surface area contributed by atoms with Gasteiger partial charge in [-0.15, -0.1) is 0 Å². The van der Waals surface area contributed by atoms with Gasteiger partial charge in [0.25, 0.3) is 0 Å². The highest BCUT2D eigenvalue weighted by Gasteiger charge is 2.30. The molecule has 1 heterocycles. The molecule has 0 N–H and O–H groups in total. The number of hydrogen-bond acceptors (Lipinski definition) is 0. The summed E-state index contributed by atoms with van der Waals surface area (Å²) in [6.45, 7) is 0. The molecule has 2 aliphatic rings. The summed E-state index contributed by atoms with van der Waals surface area (Å²) in [5, 5.41) is 5.01. The lowest BCUT2D eigenvalue weighted by molar-refractivity contribution is 1.02. The van der Waals surface area contributed by atoms with Gasteiger partial charge in [0.15, 0.2) is 0 Å². The molecule has 0 aliphatic heterocycles. The summed E-state index contributed by atoms with van der Waals surface area (Å²) in [6.07, 6.45) is 0.982. The van der Waals surface area contributed by atoms with Gasteiger partial charge in [-0.25, -0.2) is 0 Å². The maximum Gasteiger partial charge on any atom is 0.0547 e. The molecule has 1 heteroatoms. The smallest absolute Gasteiger partial charge is 0.0547 e. The van der Waals surface area contributed by atoms with Crippen LogP contribution in [0.2, 0.25) is 0 Å². The molecule has 1 aromatic heterocycles. The topological polar surface area (TPSA) is 4.93 Å². The average Bonchev–Trinajstić information content (AvgIpc) is 3.91. The van der Waals surface area contributed by atoms with Gasteiger partial charge in [-0.05, 0) is 114 Å². The Bertz CT molecular complexity index is 3180. The minimum Gasteiger partial charge on any atom is -0.309 e. The van der Waals surface area contributed by atoms with Gasteiger partial charge in [0, 0.05) is 22.1 Å². The molecular formula is C54H35N. The molecule has 0 bridgehead atoms. The number of rotatable bonds is 4. The maximum atomic E-state index is 2.52. The Labute approximate surface area is 320 Å². The first-order valence-corrected chi connectivity index (χ1v) is 19.3. The van der Waals surface area contributed by atoms with Crippen molar-refractivity contribution in [2.45, 2.75) is 12.3 Å². The van der Waals surface area contributed by atoms with Gasteiger partial charge in [0.2, 0.25) is 0 Å². The van der Waals surface area contributed by atoms with Crippen molar-refractivity contribution < 1.29 is 0 Å². The Kier molecular flexibility index (Phi) is 6.53. The molecule has 256 valence electrons. The lowest BCUT2D eigenvalue weighted by Crippen LogP contribution is -1.99. The highest BCUT2D eigenvalue weighted by molar-refractivity contribution is 6.12. The van der Waals surface area contributed by atoms with Gasteiger partial charge in [0.05, 0.1) is 16.7 Å². The van der Waals surface area contributed by atoms with Crippen LogP contribution in [0.3, 0.4) is 0 Å². The van der Waals surface area contributed by atoms with Crippen molar-refractivity contribution in [3.05, 3.63) is 222 Å². The second-order valence-corrected chi connectivity index (χ2v) is 15.2. The Morgan fingerprint density at radius 2 is 1.05 bits per heavy atom. The van der Waals surface area contributed by atoms with E-state index in [1.54, 1.807) is 0 Å². The van der Waals surface area contributed by atoms with E-state index < -0.39 is 0 Å². The van der Waals surface area contributed by atoms with E-state index >= 15 is 0 Å². The molecule has 9 aromatic carbocycles. The number of hydrogen-bond donors (Lipinski definition) is 0. The van der Waals surface area contributed by atoms with E-state index in [0.717, 1.165) is 6.42 Å². The minimum atomic E-state index is 0.211. The molecule has 1 nitrogen and oxygen atoms in total. The highest BCUT2D eigenvalue weighted by Crippen LogP contribution is 2.50. The van der Waals surface area contributed by atoms with Crippen molar-refractivity contribution in [1.82, 2.24) is 4.57 Å². The van der Waals surface area contributed by atoms with Crippen LogP contribution in [0.25, 0.3) is 82.8 Å². The van der Waals surface area contributed by atoms with Gasteiger partial charge >= 0.3 is 0 Å². The van der Waals surface area contributed by atoms with Crippen LogP contribution in [-0.4, -0.2) is 4.57 Å². The molecule has 1 unspecified atom stereocenters. The molecule has 12 rings (SSSR count). The number of fused-ring (bicyclic) bond motifs is 10. The predicted molar refractivity (Wildman–Crippen MR) is 230 cm³/mol. The van der Waals surface area contributed by atoms with Gasteiger partial charge in [-0.2, -0.15) is 0 Å². The molecule has 0 saturated heterocycles. The van der Waals surface area contributed by atoms with Gasteiger partial charge in [-0.3, -0.25) is 0 Å². The summed E-state index contributed by atoms with van der Waals surface area (Å²) in [7, 11) is 0. The fourth-order valence-electron chi connectivity index (χ4n) is 9.86. The van der Waals surface area contributed by atoms with E-state index in [2.05, 4.69) is 199 Å². The molecule has 0 amide bonds. The lowest BCUT2D eigenvalue weighted by Gasteiger charge is -2.17. The zero-order chi connectivity index (χ0) is 36.0. The first kappa shape index (κ1) is 30.5. The normalized spacial score (nSPS) is 13.9. The van der Waals surface area contributed by atoms with Crippen molar-refractivity contribution in [2.24, 2.45) is 0 Å². The zero-order valence-corrected chi connectivity index (χ0v) is 30.2. The molecular weight excluding hydrogens is 663 g/mol. The Morgan fingerprint density at radius 3 is 1.98 bits per heavy atom. The van der Waals surface area contributed by atoms with Crippen molar-refractivity contribution >= 4 is 32.6 Å². The first-order valence-electron chi connectivity index (χ1n) is 19.3. The predicted octanol–water partition coefficient (Wildman–Crippen LogP) is 14.0. The van der Waals surface area contributed by atoms with Crippen LogP contribution < -0.4 is 0 Å². The summed E-state index contributed by atoms with van der Waals surface area (Å²) in [5.41, 5.74) is 20.9. The molecule has 10 aromatic rings. The maximum absolute atomic E-state index is 2.52. The molecule has 0 radical (unpaired) electrons. The number of para-hydroxylation sites is 1. The molecule has 2 aliphatic carbocycles. The van der Waals surface area contributed by atoms with Crippen LogP contribution in [0, 0.1) is 0 Å².